The number of aromatic nitrogens is 2. The van der Waals surface area contributed by atoms with Gasteiger partial charge < -0.3 is 16.2 Å². The minimum atomic E-state index is -0.0884. The maximum Gasteiger partial charge on any atom is 0.165 e. The summed E-state index contributed by atoms with van der Waals surface area (Å²) < 4.78 is 0. The predicted octanol–water partition coefficient (Wildman–Crippen LogP) is 2.13. The molecule has 0 fully saturated rings. The van der Waals surface area contributed by atoms with Gasteiger partial charge in [-0.15, -0.1) is 0 Å². The third-order valence-electron chi connectivity index (χ3n) is 2.70. The van der Waals surface area contributed by atoms with Crippen LogP contribution in [0.15, 0.2) is 24.4 Å². The molecule has 2 aromatic rings. The smallest absolute Gasteiger partial charge is 0.165 e. The summed E-state index contributed by atoms with van der Waals surface area (Å²) in [6, 6.07) is 6.52. The van der Waals surface area contributed by atoms with Crippen molar-refractivity contribution in [3.05, 3.63) is 35.0 Å². The zero-order valence-electron chi connectivity index (χ0n) is 11.3. The van der Waals surface area contributed by atoms with Crippen molar-refractivity contribution in [2.24, 2.45) is 5.73 Å². The van der Waals surface area contributed by atoms with E-state index in [2.05, 4.69) is 15.3 Å². The number of nitrogens with two attached hydrogens (primary N) is 1. The first-order valence-electron chi connectivity index (χ1n) is 6.26. The van der Waals surface area contributed by atoms with Crippen molar-refractivity contribution in [3.8, 4) is 23.2 Å². The van der Waals surface area contributed by atoms with E-state index in [1.165, 1.54) is 12.3 Å². The highest BCUT2D eigenvalue weighted by molar-refractivity contribution is 6.30. The second-order valence-corrected chi connectivity index (χ2v) is 5.02. The Bertz CT molecular complexity index is 696. The number of hydrogen-bond donors (Lipinski definition) is 3. The van der Waals surface area contributed by atoms with Crippen molar-refractivity contribution >= 4 is 17.4 Å². The van der Waals surface area contributed by atoms with Gasteiger partial charge in [-0.3, -0.25) is 0 Å². The number of halogens is 1. The average Bonchev–Trinajstić information content (AvgIpc) is 2.47. The van der Waals surface area contributed by atoms with Crippen molar-refractivity contribution in [3.63, 3.8) is 0 Å². The van der Waals surface area contributed by atoms with E-state index in [1.807, 2.05) is 13.0 Å². The number of anilines is 1. The molecule has 1 heterocycles. The van der Waals surface area contributed by atoms with E-state index in [9.17, 15) is 5.11 Å². The van der Waals surface area contributed by atoms with Crippen LogP contribution in [0.1, 0.15) is 12.5 Å². The summed E-state index contributed by atoms with van der Waals surface area (Å²) >= 11 is 5.92. The molecular formula is C14H14ClN5O. The Morgan fingerprint density at radius 2 is 2.29 bits per heavy atom. The highest BCUT2D eigenvalue weighted by atomic mass is 35.5. The van der Waals surface area contributed by atoms with Gasteiger partial charge in [0, 0.05) is 17.6 Å². The number of hydrogen-bond acceptors (Lipinski definition) is 6. The van der Waals surface area contributed by atoms with E-state index in [4.69, 9.17) is 22.6 Å². The lowest BCUT2D eigenvalue weighted by atomic mass is 10.2. The fourth-order valence-corrected chi connectivity index (χ4v) is 1.85. The van der Waals surface area contributed by atoms with Gasteiger partial charge >= 0.3 is 0 Å². The van der Waals surface area contributed by atoms with Crippen LogP contribution in [0.3, 0.4) is 0 Å². The Labute approximate surface area is 127 Å². The first-order chi connectivity index (χ1) is 10.0. The minimum absolute atomic E-state index is 0.0160. The molecule has 0 aliphatic rings. The fourth-order valence-electron chi connectivity index (χ4n) is 1.67. The topological polar surface area (TPSA) is 108 Å². The summed E-state index contributed by atoms with van der Waals surface area (Å²) in [6.45, 7) is 2.30. The number of aromatic hydroxyl groups is 1. The Balaban J connectivity index is 2.44. The fraction of sp³-hybridized carbons (Fsp3) is 0.214. The molecule has 6 nitrogen and oxygen atoms in total. The van der Waals surface area contributed by atoms with Crippen LogP contribution in [0.2, 0.25) is 5.02 Å². The summed E-state index contributed by atoms with van der Waals surface area (Å²) in [6.07, 6.45) is 1.40. The van der Waals surface area contributed by atoms with Gasteiger partial charge in [-0.05, 0) is 25.1 Å². The monoisotopic (exact) mass is 303 g/mol. The highest BCUT2D eigenvalue weighted by Crippen LogP contribution is 2.30. The Hall–Kier alpha value is -2.36. The van der Waals surface area contributed by atoms with Crippen LogP contribution < -0.4 is 11.1 Å². The van der Waals surface area contributed by atoms with E-state index in [-0.39, 0.29) is 17.6 Å². The molecule has 0 radical (unpaired) electrons. The molecule has 0 bridgehead atoms. The summed E-state index contributed by atoms with van der Waals surface area (Å²) in [4.78, 5) is 8.35. The number of nitrogens with zero attached hydrogens (tertiary/aromatic N) is 3. The molecule has 0 saturated carbocycles. The van der Waals surface area contributed by atoms with Gasteiger partial charge in [-0.25, -0.2) is 9.97 Å². The van der Waals surface area contributed by atoms with E-state index >= 15 is 0 Å². The quantitative estimate of drug-likeness (QED) is 0.798. The van der Waals surface area contributed by atoms with Gasteiger partial charge in [0.1, 0.15) is 23.2 Å². The lowest BCUT2D eigenvalue weighted by molar-refractivity contribution is 0.477. The molecule has 0 amide bonds. The van der Waals surface area contributed by atoms with Gasteiger partial charge in [-0.2, -0.15) is 5.26 Å². The lowest BCUT2D eigenvalue weighted by Gasteiger charge is -2.11. The van der Waals surface area contributed by atoms with Crippen LogP contribution in [0.5, 0.6) is 5.75 Å². The van der Waals surface area contributed by atoms with Gasteiger partial charge in [0.05, 0.1) is 11.8 Å². The Morgan fingerprint density at radius 1 is 1.52 bits per heavy atom. The molecule has 108 valence electrons. The van der Waals surface area contributed by atoms with Gasteiger partial charge in [0.2, 0.25) is 0 Å². The third kappa shape index (κ3) is 3.60. The van der Waals surface area contributed by atoms with Crippen LogP contribution >= 0.6 is 11.6 Å². The van der Waals surface area contributed by atoms with Gasteiger partial charge in [-0.1, -0.05) is 11.6 Å². The zero-order chi connectivity index (χ0) is 15.4. The molecule has 21 heavy (non-hydrogen) atoms. The van der Waals surface area contributed by atoms with Gasteiger partial charge in [0.25, 0.3) is 0 Å². The van der Waals surface area contributed by atoms with Crippen molar-refractivity contribution < 1.29 is 5.11 Å². The highest BCUT2D eigenvalue weighted by Gasteiger charge is 2.12. The van der Waals surface area contributed by atoms with Crippen molar-refractivity contribution in [1.29, 1.82) is 5.26 Å². The number of benzene rings is 1. The number of phenolic OH excluding ortho intramolecular Hbond substituents is 1. The van der Waals surface area contributed by atoms with Crippen molar-refractivity contribution in [2.75, 3.05) is 11.9 Å². The van der Waals surface area contributed by atoms with Gasteiger partial charge in [0.15, 0.2) is 5.82 Å². The Morgan fingerprint density at radius 3 is 2.95 bits per heavy atom. The maximum absolute atomic E-state index is 9.88. The molecule has 0 unspecified atom stereocenters. The van der Waals surface area contributed by atoms with Crippen LogP contribution in [-0.4, -0.2) is 27.7 Å². The molecule has 0 spiro atoms. The summed E-state index contributed by atoms with van der Waals surface area (Å²) in [5.74, 6) is 0.669. The molecule has 1 aromatic carbocycles. The van der Waals surface area contributed by atoms with Crippen molar-refractivity contribution in [2.45, 2.75) is 13.0 Å². The number of nitriles is 1. The molecule has 1 aromatic heterocycles. The molecule has 2 rings (SSSR count). The largest absolute Gasteiger partial charge is 0.507 e. The molecule has 4 N–H and O–H groups in total. The summed E-state index contributed by atoms with van der Waals surface area (Å²) in [7, 11) is 0. The van der Waals surface area contributed by atoms with E-state index in [0.29, 0.717) is 28.5 Å². The van der Waals surface area contributed by atoms with E-state index in [1.54, 1.807) is 12.1 Å². The minimum Gasteiger partial charge on any atom is -0.507 e. The SMILES string of the molecule is C[C@@H](N)CNc1nc(-c2cc(Cl)ccc2O)ncc1C#N. The Kier molecular flexibility index (Phi) is 4.58. The summed E-state index contributed by atoms with van der Waals surface area (Å²) in [5, 5.41) is 22.4. The van der Waals surface area contributed by atoms with E-state index in [0.717, 1.165) is 0 Å². The van der Waals surface area contributed by atoms with E-state index < -0.39 is 0 Å². The molecular weight excluding hydrogens is 290 g/mol. The second kappa shape index (κ2) is 6.39. The van der Waals surface area contributed by atoms with Crippen LogP contribution in [0.25, 0.3) is 11.4 Å². The molecule has 0 aliphatic heterocycles. The van der Waals surface area contributed by atoms with Crippen LogP contribution in [0, 0.1) is 11.3 Å². The van der Waals surface area contributed by atoms with Crippen LogP contribution in [-0.2, 0) is 0 Å². The van der Waals surface area contributed by atoms with Crippen molar-refractivity contribution in [1.82, 2.24) is 9.97 Å². The third-order valence-corrected chi connectivity index (χ3v) is 2.94. The molecule has 1 atom stereocenters. The number of nitrogens with one attached hydrogen (secondary N) is 1. The predicted molar refractivity (Wildman–Crippen MR) is 81.0 cm³/mol. The first kappa shape index (κ1) is 15.0. The number of phenols is 1. The standard InChI is InChI=1S/C14H14ClN5O/c1-8(17)6-18-13-9(5-16)7-19-14(20-13)11-4-10(15)2-3-12(11)21/h2-4,7-8,21H,6,17H2,1H3,(H,18,19,20)/t8-/m1/s1. The zero-order valence-corrected chi connectivity index (χ0v) is 12.1. The first-order valence-corrected chi connectivity index (χ1v) is 6.64. The van der Waals surface area contributed by atoms with Crippen LogP contribution in [0.4, 0.5) is 5.82 Å². The lowest BCUT2D eigenvalue weighted by Crippen LogP contribution is -2.26. The molecule has 7 heteroatoms. The normalized spacial score (nSPS) is 11.7. The maximum atomic E-state index is 9.88. The summed E-state index contributed by atoms with van der Waals surface area (Å²) in [5.41, 5.74) is 6.38. The second-order valence-electron chi connectivity index (χ2n) is 4.59. The molecule has 0 aliphatic carbocycles. The average molecular weight is 304 g/mol. The molecule has 0 saturated heterocycles. The number of rotatable bonds is 4.